The van der Waals surface area contributed by atoms with E-state index in [1.807, 2.05) is 18.2 Å². The highest BCUT2D eigenvalue weighted by Gasteiger charge is 2.43. The lowest BCUT2D eigenvalue weighted by atomic mass is 10.0. The number of rotatable bonds is 7. The van der Waals surface area contributed by atoms with Crippen molar-refractivity contribution in [3.8, 4) is 12.1 Å². The number of hydrogen-bond acceptors (Lipinski definition) is 8. The molecule has 3 heterocycles. The summed E-state index contributed by atoms with van der Waals surface area (Å²) in [6.45, 7) is 1.50. The van der Waals surface area contributed by atoms with E-state index in [4.69, 9.17) is 0 Å². The topological polar surface area (TPSA) is 144 Å². The average molecular weight is 583 g/mol. The van der Waals surface area contributed by atoms with Crippen molar-refractivity contribution in [1.82, 2.24) is 29.8 Å². The van der Waals surface area contributed by atoms with Crippen LogP contribution in [-0.2, 0) is 22.7 Å². The van der Waals surface area contributed by atoms with Crippen LogP contribution in [0.4, 0.5) is 9.59 Å². The molecule has 2 aromatic carbocycles. The Balaban J connectivity index is 1.36. The first-order valence-electron chi connectivity index (χ1n) is 14.3. The molecule has 1 N–H and O–H groups in total. The van der Waals surface area contributed by atoms with Crippen molar-refractivity contribution in [2.24, 2.45) is 0 Å². The fraction of sp³-hybridized carbons (Fsp3) is 0.419. The molecule has 12 nitrogen and oxygen atoms in total. The summed E-state index contributed by atoms with van der Waals surface area (Å²) in [5, 5.41) is 22.7. The number of likely N-dealkylation sites (tertiary alicyclic amines) is 1. The molecule has 3 aliphatic rings. The summed E-state index contributed by atoms with van der Waals surface area (Å²) in [4.78, 5) is 59.7. The first kappa shape index (κ1) is 29.7. The number of nitriles is 2. The minimum Gasteiger partial charge on any atom is -0.304 e. The molecule has 0 bridgehead atoms. The summed E-state index contributed by atoms with van der Waals surface area (Å²) in [6.07, 6.45) is 0.654. The van der Waals surface area contributed by atoms with Crippen molar-refractivity contribution in [3.05, 3.63) is 70.8 Å². The minimum atomic E-state index is -0.590. The zero-order valence-electron chi connectivity index (χ0n) is 24.3. The number of hydrogen-bond donors (Lipinski definition) is 1. The number of nitrogens with one attached hydrogen (secondary N) is 1. The second-order valence-electron chi connectivity index (χ2n) is 11.2. The van der Waals surface area contributed by atoms with Crippen LogP contribution in [0.3, 0.4) is 0 Å². The molecule has 5 rings (SSSR count). The third-order valence-electron chi connectivity index (χ3n) is 8.53. The number of carbonyl (C=O) groups excluding carboxylic acids is 4. The summed E-state index contributed by atoms with van der Waals surface area (Å²) in [5.41, 5.74) is 2.33. The highest BCUT2D eigenvalue weighted by molar-refractivity contribution is 5.97. The molecule has 2 aromatic rings. The number of nitrogens with zero attached hydrogens (tertiary/aromatic N) is 7. The van der Waals surface area contributed by atoms with Gasteiger partial charge in [-0.25, -0.2) is 9.59 Å². The molecule has 0 spiro atoms. The quantitative estimate of drug-likeness (QED) is 0.524. The predicted octanol–water partition coefficient (Wildman–Crippen LogP) is 2.40. The van der Waals surface area contributed by atoms with Gasteiger partial charge in [0.05, 0.1) is 61.5 Å². The van der Waals surface area contributed by atoms with Crippen LogP contribution in [0.1, 0.15) is 47.9 Å². The number of urea groups is 2. The van der Waals surface area contributed by atoms with Crippen LogP contribution in [-0.4, -0.2) is 93.9 Å². The van der Waals surface area contributed by atoms with Crippen molar-refractivity contribution < 1.29 is 19.2 Å². The molecule has 6 amide bonds. The fourth-order valence-electron chi connectivity index (χ4n) is 6.09. The number of amides is 6. The van der Waals surface area contributed by atoms with Crippen LogP contribution in [0.25, 0.3) is 0 Å². The lowest BCUT2D eigenvalue weighted by Gasteiger charge is -2.48. The van der Waals surface area contributed by atoms with Gasteiger partial charge in [0.2, 0.25) is 11.8 Å². The molecule has 3 atom stereocenters. The van der Waals surface area contributed by atoms with Gasteiger partial charge in [0.15, 0.2) is 0 Å². The lowest BCUT2D eigenvalue weighted by molar-refractivity contribution is -0.136. The number of piperidine rings is 1. The second-order valence-corrected chi connectivity index (χ2v) is 11.2. The molecule has 0 saturated carbocycles. The number of benzene rings is 2. The Morgan fingerprint density at radius 3 is 1.93 bits per heavy atom. The van der Waals surface area contributed by atoms with Crippen molar-refractivity contribution in [2.45, 2.75) is 57.1 Å². The maximum atomic E-state index is 13.4. The maximum Gasteiger partial charge on any atom is 0.328 e. The smallest absolute Gasteiger partial charge is 0.304 e. The van der Waals surface area contributed by atoms with Crippen molar-refractivity contribution >= 4 is 23.9 Å². The molecule has 43 heavy (non-hydrogen) atoms. The molecular weight excluding hydrogens is 548 g/mol. The summed E-state index contributed by atoms with van der Waals surface area (Å²) in [6, 6.07) is 17.6. The predicted molar refractivity (Wildman–Crippen MR) is 154 cm³/mol. The van der Waals surface area contributed by atoms with Gasteiger partial charge in [0.25, 0.3) is 0 Å². The van der Waals surface area contributed by atoms with Gasteiger partial charge in [-0.05, 0) is 36.1 Å². The van der Waals surface area contributed by atoms with Crippen molar-refractivity contribution in [3.63, 3.8) is 0 Å². The highest BCUT2D eigenvalue weighted by atomic mass is 16.2. The molecule has 222 valence electrons. The lowest BCUT2D eigenvalue weighted by Crippen LogP contribution is -2.65. The molecule has 3 saturated heterocycles. The first-order valence-corrected chi connectivity index (χ1v) is 14.3. The van der Waals surface area contributed by atoms with Crippen molar-refractivity contribution in [2.75, 3.05) is 27.2 Å². The molecule has 3 fully saturated rings. The van der Waals surface area contributed by atoms with Gasteiger partial charge >= 0.3 is 12.1 Å². The van der Waals surface area contributed by atoms with Gasteiger partial charge < -0.3 is 9.80 Å². The molecule has 2 unspecified atom stereocenters. The standard InChI is InChI=1S/C31H34N8O4/c1-35-28(40)14-26(38(30(35)42)18-23-10-5-3-8-21(23)16-32)34-25-12-7-13-37(20-25)27-15-29(41)36(2)31(43)39(27)19-24-11-6-4-9-22(24)17-33/h3-6,8-11,25-27,34H,7,12-15,18-20H2,1-2H3/t25-,26?,27?/m1/s1. The van der Waals surface area contributed by atoms with Gasteiger partial charge in [0.1, 0.15) is 0 Å². The molecule has 12 heteroatoms. The van der Waals surface area contributed by atoms with E-state index in [-0.39, 0.29) is 43.8 Å². The molecule has 0 aromatic heterocycles. The fourth-order valence-corrected chi connectivity index (χ4v) is 6.09. The van der Waals surface area contributed by atoms with Crippen LogP contribution in [0.5, 0.6) is 0 Å². The first-order chi connectivity index (χ1) is 20.7. The van der Waals surface area contributed by atoms with E-state index in [1.165, 1.54) is 14.1 Å². The van der Waals surface area contributed by atoms with Crippen molar-refractivity contribution in [1.29, 1.82) is 10.5 Å². The molecule has 0 radical (unpaired) electrons. The van der Waals surface area contributed by atoms with E-state index >= 15 is 0 Å². The van der Waals surface area contributed by atoms with Crippen LogP contribution in [0.2, 0.25) is 0 Å². The third kappa shape index (κ3) is 6.07. The highest BCUT2D eigenvalue weighted by Crippen LogP contribution is 2.27. The third-order valence-corrected chi connectivity index (χ3v) is 8.53. The maximum absolute atomic E-state index is 13.4. The zero-order valence-corrected chi connectivity index (χ0v) is 24.3. The normalized spacial score (nSPS) is 23.4. The van der Waals surface area contributed by atoms with Crippen LogP contribution >= 0.6 is 0 Å². The summed E-state index contributed by atoms with van der Waals surface area (Å²) >= 11 is 0. The van der Waals surface area contributed by atoms with E-state index in [2.05, 4.69) is 22.4 Å². The van der Waals surface area contributed by atoms with Gasteiger partial charge in [-0.3, -0.25) is 29.6 Å². The van der Waals surface area contributed by atoms with E-state index in [1.54, 1.807) is 40.1 Å². The van der Waals surface area contributed by atoms with Gasteiger partial charge in [0, 0.05) is 33.2 Å². The Morgan fingerprint density at radius 2 is 1.33 bits per heavy atom. The average Bonchev–Trinajstić information content (AvgIpc) is 3.02. The Bertz CT molecular complexity index is 1510. The Labute approximate surface area is 250 Å². The summed E-state index contributed by atoms with van der Waals surface area (Å²) in [5.74, 6) is -0.572. The van der Waals surface area contributed by atoms with Crippen LogP contribution in [0, 0.1) is 22.7 Å². The van der Waals surface area contributed by atoms with E-state index in [9.17, 15) is 29.7 Å². The second kappa shape index (κ2) is 12.6. The van der Waals surface area contributed by atoms with E-state index in [0.717, 1.165) is 22.6 Å². The summed E-state index contributed by atoms with van der Waals surface area (Å²) < 4.78 is 0. The SMILES string of the molecule is CN1C(=O)CC(N[C@@H]2CCCN(C3CC(=O)N(C)C(=O)N3Cc3ccccc3C#N)C2)N(Cc2ccccc2C#N)C1=O. The van der Waals surface area contributed by atoms with Crippen LogP contribution in [0.15, 0.2) is 48.5 Å². The monoisotopic (exact) mass is 582 g/mol. The molecule has 3 aliphatic heterocycles. The van der Waals surface area contributed by atoms with Gasteiger partial charge in [-0.1, -0.05) is 36.4 Å². The van der Waals surface area contributed by atoms with Gasteiger partial charge in [-0.15, -0.1) is 0 Å². The molecular formula is C31H34N8O4. The number of imide groups is 2. The van der Waals surface area contributed by atoms with E-state index in [0.29, 0.717) is 35.3 Å². The number of carbonyl (C=O) groups is 4. The largest absolute Gasteiger partial charge is 0.328 e. The van der Waals surface area contributed by atoms with Crippen LogP contribution < -0.4 is 5.32 Å². The molecule has 0 aliphatic carbocycles. The zero-order chi connectivity index (χ0) is 30.7. The Morgan fingerprint density at radius 1 is 0.791 bits per heavy atom. The van der Waals surface area contributed by atoms with Gasteiger partial charge in [-0.2, -0.15) is 10.5 Å². The Hall–Kier alpha value is -4.78. The minimum absolute atomic E-state index is 0.0791. The van der Waals surface area contributed by atoms with E-state index < -0.39 is 24.4 Å². The Kier molecular flexibility index (Phi) is 8.71. The summed E-state index contributed by atoms with van der Waals surface area (Å²) in [7, 11) is 2.93.